The second-order valence-corrected chi connectivity index (χ2v) is 3.99. The van der Waals surface area contributed by atoms with Gasteiger partial charge in [0.15, 0.2) is 0 Å². The molecule has 0 N–H and O–H groups in total. The van der Waals surface area contributed by atoms with Crippen molar-refractivity contribution in [2.45, 2.75) is 6.92 Å². The van der Waals surface area contributed by atoms with Gasteiger partial charge in [-0.1, -0.05) is 60.1 Å². The third-order valence-electron chi connectivity index (χ3n) is 2.60. The van der Waals surface area contributed by atoms with Crippen molar-refractivity contribution in [3.63, 3.8) is 0 Å². The van der Waals surface area contributed by atoms with Crippen LogP contribution in [-0.4, -0.2) is 7.85 Å². The molecule has 0 unspecified atom stereocenters. The van der Waals surface area contributed by atoms with Crippen LogP contribution in [0.15, 0.2) is 54.6 Å². The SMILES string of the molecule is Bc1cccc(-c2cccc(/C=C\C)c2)c1. The van der Waals surface area contributed by atoms with Crippen molar-refractivity contribution in [1.82, 2.24) is 0 Å². The van der Waals surface area contributed by atoms with E-state index in [0.717, 1.165) is 0 Å². The largest absolute Gasteiger partial charge is 0.139 e. The Labute approximate surface area is 98.0 Å². The Bertz CT molecular complexity index is 512. The fourth-order valence-electron chi connectivity index (χ4n) is 1.84. The predicted molar refractivity (Wildman–Crippen MR) is 74.8 cm³/mol. The standard InChI is InChI=1S/C15H15B/c1-2-5-12-6-3-7-13(10-12)14-8-4-9-15(16)11-14/h2-11H,16H2,1H3/b5-2-. The predicted octanol–water partition coefficient (Wildman–Crippen LogP) is 2.65. The lowest BCUT2D eigenvalue weighted by molar-refractivity contribution is 1.60. The highest BCUT2D eigenvalue weighted by Crippen LogP contribution is 2.19. The van der Waals surface area contributed by atoms with Crippen LogP contribution in [0.1, 0.15) is 12.5 Å². The molecule has 0 saturated heterocycles. The van der Waals surface area contributed by atoms with Crippen molar-refractivity contribution < 1.29 is 0 Å². The topological polar surface area (TPSA) is 0 Å². The van der Waals surface area contributed by atoms with Gasteiger partial charge in [-0.15, -0.1) is 0 Å². The van der Waals surface area contributed by atoms with E-state index in [-0.39, 0.29) is 0 Å². The Kier molecular flexibility index (Phi) is 3.26. The number of benzene rings is 2. The summed E-state index contributed by atoms with van der Waals surface area (Å²) in [5, 5.41) is 0. The summed E-state index contributed by atoms with van der Waals surface area (Å²) in [6, 6.07) is 17.2. The Balaban J connectivity index is 2.44. The number of rotatable bonds is 2. The van der Waals surface area contributed by atoms with Crippen molar-refractivity contribution in [2.75, 3.05) is 0 Å². The molecule has 2 aromatic rings. The van der Waals surface area contributed by atoms with Crippen molar-refractivity contribution in [3.05, 3.63) is 60.2 Å². The van der Waals surface area contributed by atoms with E-state index in [2.05, 4.69) is 68.5 Å². The minimum absolute atomic E-state index is 1.25. The van der Waals surface area contributed by atoms with Gasteiger partial charge in [0.2, 0.25) is 0 Å². The zero-order valence-electron chi connectivity index (χ0n) is 9.77. The lowest BCUT2D eigenvalue weighted by atomic mass is 9.92. The van der Waals surface area contributed by atoms with Gasteiger partial charge >= 0.3 is 0 Å². The molecule has 0 aliphatic carbocycles. The summed E-state index contributed by atoms with van der Waals surface area (Å²) in [6.45, 7) is 2.04. The molecule has 0 heterocycles. The molecule has 0 radical (unpaired) electrons. The molecule has 0 atom stereocenters. The van der Waals surface area contributed by atoms with Gasteiger partial charge in [-0.25, -0.2) is 0 Å². The Morgan fingerprint density at radius 1 is 0.938 bits per heavy atom. The summed E-state index contributed by atoms with van der Waals surface area (Å²) in [7, 11) is 2.12. The summed E-state index contributed by atoms with van der Waals surface area (Å²) in [5.41, 5.74) is 5.11. The zero-order chi connectivity index (χ0) is 11.4. The first-order valence-electron chi connectivity index (χ1n) is 5.59. The first-order valence-corrected chi connectivity index (χ1v) is 5.59. The van der Waals surface area contributed by atoms with Crippen molar-refractivity contribution in [3.8, 4) is 11.1 Å². The highest BCUT2D eigenvalue weighted by molar-refractivity contribution is 6.32. The molecule has 0 fully saturated rings. The maximum Gasteiger partial charge on any atom is 0.139 e. The van der Waals surface area contributed by atoms with Crippen LogP contribution in [0.4, 0.5) is 0 Å². The first-order chi connectivity index (χ1) is 7.79. The lowest BCUT2D eigenvalue weighted by Gasteiger charge is -2.04. The number of hydrogen-bond donors (Lipinski definition) is 0. The molecule has 0 nitrogen and oxygen atoms in total. The molecule has 0 aliphatic rings. The smallest absolute Gasteiger partial charge is 0.0884 e. The van der Waals surface area contributed by atoms with Gasteiger partial charge < -0.3 is 0 Å². The Morgan fingerprint density at radius 2 is 1.62 bits per heavy atom. The van der Waals surface area contributed by atoms with Crippen LogP contribution >= 0.6 is 0 Å². The summed E-state index contributed by atoms with van der Waals surface area (Å²) in [4.78, 5) is 0. The molecular weight excluding hydrogens is 191 g/mol. The van der Waals surface area contributed by atoms with Crippen LogP contribution < -0.4 is 5.46 Å². The summed E-state index contributed by atoms with van der Waals surface area (Å²) in [5.74, 6) is 0. The average molecular weight is 206 g/mol. The molecule has 1 heteroatoms. The minimum Gasteiger partial charge on any atom is -0.0884 e. The zero-order valence-corrected chi connectivity index (χ0v) is 9.77. The van der Waals surface area contributed by atoms with E-state index in [4.69, 9.17) is 0 Å². The summed E-state index contributed by atoms with van der Waals surface area (Å²) >= 11 is 0. The van der Waals surface area contributed by atoms with Gasteiger partial charge in [0.25, 0.3) is 0 Å². The normalized spacial score (nSPS) is 10.8. The molecule has 2 rings (SSSR count). The monoisotopic (exact) mass is 206 g/mol. The van der Waals surface area contributed by atoms with E-state index in [0.29, 0.717) is 0 Å². The van der Waals surface area contributed by atoms with Crippen LogP contribution in [0, 0.1) is 0 Å². The molecule has 0 spiro atoms. The molecular formula is C15H15B. The minimum atomic E-state index is 1.25. The van der Waals surface area contributed by atoms with Crippen LogP contribution in [0.3, 0.4) is 0 Å². The van der Waals surface area contributed by atoms with Crippen molar-refractivity contribution >= 4 is 19.4 Å². The molecule has 0 aromatic heterocycles. The van der Waals surface area contributed by atoms with Gasteiger partial charge in [-0.05, 0) is 29.7 Å². The summed E-state index contributed by atoms with van der Waals surface area (Å²) in [6.07, 6.45) is 4.19. The van der Waals surface area contributed by atoms with Gasteiger partial charge in [-0.2, -0.15) is 0 Å². The highest BCUT2D eigenvalue weighted by atomic mass is 14.0. The Hall–Kier alpha value is -1.76. The van der Waals surface area contributed by atoms with Gasteiger partial charge in [-0.3, -0.25) is 0 Å². The van der Waals surface area contributed by atoms with Gasteiger partial charge in [0.05, 0.1) is 0 Å². The van der Waals surface area contributed by atoms with E-state index in [1.54, 1.807) is 0 Å². The second kappa shape index (κ2) is 4.85. The van der Waals surface area contributed by atoms with Crippen molar-refractivity contribution in [2.24, 2.45) is 0 Å². The van der Waals surface area contributed by atoms with E-state index in [1.807, 2.05) is 6.92 Å². The van der Waals surface area contributed by atoms with E-state index < -0.39 is 0 Å². The van der Waals surface area contributed by atoms with Crippen LogP contribution in [0.2, 0.25) is 0 Å². The van der Waals surface area contributed by atoms with E-state index in [9.17, 15) is 0 Å². The first kappa shape index (κ1) is 10.8. The Morgan fingerprint density at radius 3 is 2.31 bits per heavy atom. The average Bonchev–Trinajstić information content (AvgIpc) is 2.30. The highest BCUT2D eigenvalue weighted by Gasteiger charge is 1.97. The molecule has 0 amide bonds. The summed E-state index contributed by atoms with van der Waals surface area (Å²) < 4.78 is 0. The van der Waals surface area contributed by atoms with E-state index >= 15 is 0 Å². The number of hydrogen-bond acceptors (Lipinski definition) is 0. The molecule has 78 valence electrons. The molecule has 0 aliphatic heterocycles. The lowest BCUT2D eigenvalue weighted by Crippen LogP contribution is -2.00. The maximum atomic E-state index is 2.22. The molecule has 0 bridgehead atoms. The third-order valence-corrected chi connectivity index (χ3v) is 2.60. The third kappa shape index (κ3) is 2.43. The fraction of sp³-hybridized carbons (Fsp3) is 0.0667. The molecule has 0 saturated carbocycles. The fourth-order valence-corrected chi connectivity index (χ4v) is 1.84. The second-order valence-electron chi connectivity index (χ2n) is 3.99. The number of allylic oxidation sites excluding steroid dienone is 1. The van der Waals surface area contributed by atoms with E-state index in [1.165, 1.54) is 22.2 Å². The molecule has 16 heavy (non-hydrogen) atoms. The van der Waals surface area contributed by atoms with Crippen molar-refractivity contribution in [1.29, 1.82) is 0 Å². The maximum absolute atomic E-state index is 2.22. The van der Waals surface area contributed by atoms with Crippen LogP contribution in [-0.2, 0) is 0 Å². The van der Waals surface area contributed by atoms with Gasteiger partial charge in [0, 0.05) is 0 Å². The molecule has 2 aromatic carbocycles. The quantitative estimate of drug-likeness (QED) is 0.662. The van der Waals surface area contributed by atoms with Crippen LogP contribution in [0.25, 0.3) is 17.2 Å². The van der Waals surface area contributed by atoms with Gasteiger partial charge in [0.1, 0.15) is 7.85 Å². The van der Waals surface area contributed by atoms with Crippen LogP contribution in [0.5, 0.6) is 0 Å².